The van der Waals surface area contributed by atoms with Gasteiger partial charge < -0.3 is 14.9 Å². The Balaban J connectivity index is 0.000000263. The maximum absolute atomic E-state index is 11.5. The molecule has 26 heavy (non-hydrogen) atoms. The van der Waals surface area contributed by atoms with Crippen molar-refractivity contribution in [1.82, 2.24) is 0 Å². The minimum Gasteiger partial charge on any atom is -0.481 e. The van der Waals surface area contributed by atoms with E-state index in [1.54, 1.807) is 0 Å². The van der Waals surface area contributed by atoms with Crippen LogP contribution < -0.4 is 0 Å². The van der Waals surface area contributed by atoms with E-state index in [9.17, 15) is 14.4 Å². The molecule has 0 saturated heterocycles. The van der Waals surface area contributed by atoms with Crippen molar-refractivity contribution in [2.24, 2.45) is 17.8 Å². The Labute approximate surface area is 155 Å². The van der Waals surface area contributed by atoms with Crippen molar-refractivity contribution in [2.75, 3.05) is 0 Å². The highest BCUT2D eigenvalue weighted by Gasteiger charge is 2.35. The lowest BCUT2D eigenvalue weighted by Gasteiger charge is -2.24. The van der Waals surface area contributed by atoms with E-state index in [2.05, 4.69) is 6.58 Å². The van der Waals surface area contributed by atoms with Gasteiger partial charge in [0.25, 0.3) is 0 Å². The summed E-state index contributed by atoms with van der Waals surface area (Å²) in [6, 6.07) is 0. The molecule has 2 rings (SSSR count). The van der Waals surface area contributed by atoms with Crippen LogP contribution in [-0.4, -0.2) is 34.2 Å². The van der Waals surface area contributed by atoms with Gasteiger partial charge in [0.15, 0.2) is 0 Å². The van der Waals surface area contributed by atoms with Crippen molar-refractivity contribution in [3.8, 4) is 0 Å². The minimum atomic E-state index is -0.970. The first kappa shape index (κ1) is 22.2. The zero-order chi connectivity index (χ0) is 19.7. The molecule has 0 aliphatic heterocycles. The van der Waals surface area contributed by atoms with Crippen LogP contribution >= 0.6 is 0 Å². The van der Waals surface area contributed by atoms with Crippen LogP contribution in [0.3, 0.4) is 0 Å². The molecule has 2 N–H and O–H groups in total. The fraction of sp³-hybridized carbons (Fsp3) is 0.750. The Kier molecular flexibility index (Phi) is 9.38. The van der Waals surface area contributed by atoms with Crippen molar-refractivity contribution in [3.05, 3.63) is 12.2 Å². The number of aliphatic carboxylic acids is 2. The first-order valence-corrected chi connectivity index (χ1v) is 9.59. The lowest BCUT2D eigenvalue weighted by atomic mass is 9.79. The second kappa shape index (κ2) is 11.0. The number of esters is 1. The number of ether oxygens (including phenoxy) is 1. The Morgan fingerprint density at radius 3 is 1.65 bits per heavy atom. The topological polar surface area (TPSA) is 101 Å². The third-order valence-corrected chi connectivity index (χ3v) is 5.10. The van der Waals surface area contributed by atoms with E-state index in [0.717, 1.165) is 25.7 Å². The molecule has 0 radical (unpaired) electrons. The molecule has 2 unspecified atom stereocenters. The maximum Gasteiger partial charge on any atom is 0.333 e. The summed E-state index contributed by atoms with van der Waals surface area (Å²) < 4.78 is 5.13. The van der Waals surface area contributed by atoms with Crippen molar-refractivity contribution < 1.29 is 29.3 Å². The van der Waals surface area contributed by atoms with Crippen molar-refractivity contribution in [3.63, 3.8) is 0 Å². The quantitative estimate of drug-likeness (QED) is 0.561. The largest absolute Gasteiger partial charge is 0.481 e. The maximum atomic E-state index is 11.5. The molecule has 0 aromatic heterocycles. The normalized spacial score (nSPS) is 23.5. The average Bonchev–Trinajstić information content (AvgIpc) is 2.61. The van der Waals surface area contributed by atoms with Gasteiger partial charge in [0.1, 0.15) is 0 Å². The van der Waals surface area contributed by atoms with Crippen LogP contribution in [0, 0.1) is 17.8 Å². The van der Waals surface area contributed by atoms with Gasteiger partial charge in [-0.3, -0.25) is 9.59 Å². The fourth-order valence-electron chi connectivity index (χ4n) is 3.63. The number of carbonyl (C=O) groups excluding carboxylic acids is 1. The summed E-state index contributed by atoms with van der Waals surface area (Å²) in [6.45, 7) is 7.59. The summed E-state index contributed by atoms with van der Waals surface area (Å²) in [6.07, 6.45) is 8.58. The third kappa shape index (κ3) is 7.18. The third-order valence-electron chi connectivity index (χ3n) is 5.10. The molecular weight excluding hydrogens is 336 g/mol. The molecule has 0 aromatic rings. The standard InChI is InChI=1S/C12H20O2.C8H12O4/c1-9(2)14-12(13)10(3)11-7-5-4-6-8-11;9-7(10)5-3-1-2-4-6(5)8(11)12/h9,11H,3-8H2,1-2H3;5-6H,1-4H2,(H,9,10)(H,11,12). The molecule has 0 amide bonds. The lowest BCUT2D eigenvalue weighted by Crippen LogP contribution is -2.32. The molecule has 0 spiro atoms. The molecule has 0 bridgehead atoms. The summed E-state index contributed by atoms with van der Waals surface area (Å²) in [5.41, 5.74) is 0.679. The first-order chi connectivity index (χ1) is 12.2. The van der Waals surface area contributed by atoms with Crippen molar-refractivity contribution in [1.29, 1.82) is 0 Å². The number of carboxylic acids is 2. The molecule has 2 atom stereocenters. The van der Waals surface area contributed by atoms with E-state index in [-0.39, 0.29) is 12.1 Å². The van der Waals surface area contributed by atoms with E-state index in [0.29, 0.717) is 24.3 Å². The van der Waals surface area contributed by atoms with Crippen LogP contribution in [0.4, 0.5) is 0 Å². The van der Waals surface area contributed by atoms with Crippen molar-refractivity contribution >= 4 is 17.9 Å². The van der Waals surface area contributed by atoms with E-state index in [1.165, 1.54) is 19.3 Å². The first-order valence-electron chi connectivity index (χ1n) is 9.59. The van der Waals surface area contributed by atoms with Gasteiger partial charge in [-0.25, -0.2) is 4.79 Å². The smallest absolute Gasteiger partial charge is 0.333 e. The van der Waals surface area contributed by atoms with Gasteiger partial charge in [-0.05, 0) is 45.4 Å². The number of carbonyl (C=O) groups is 3. The average molecular weight is 368 g/mol. The summed E-state index contributed by atoms with van der Waals surface area (Å²) in [7, 11) is 0. The van der Waals surface area contributed by atoms with Gasteiger partial charge >= 0.3 is 17.9 Å². The summed E-state index contributed by atoms with van der Waals surface area (Å²) in [5, 5.41) is 17.4. The lowest BCUT2D eigenvalue weighted by molar-refractivity contribution is -0.155. The molecule has 2 aliphatic carbocycles. The number of hydrogen-bond acceptors (Lipinski definition) is 4. The number of carboxylic acid groups (broad SMARTS) is 2. The van der Waals surface area contributed by atoms with E-state index in [1.807, 2.05) is 13.8 Å². The van der Waals surface area contributed by atoms with Gasteiger partial charge in [0.2, 0.25) is 0 Å². The highest BCUT2D eigenvalue weighted by atomic mass is 16.5. The van der Waals surface area contributed by atoms with Crippen LogP contribution in [0.25, 0.3) is 0 Å². The molecule has 0 aromatic carbocycles. The summed E-state index contributed by atoms with van der Waals surface area (Å²) in [5.74, 6) is -3.11. The highest BCUT2D eigenvalue weighted by Crippen LogP contribution is 2.30. The van der Waals surface area contributed by atoms with Crippen LogP contribution in [0.15, 0.2) is 12.2 Å². The highest BCUT2D eigenvalue weighted by molar-refractivity contribution is 5.88. The molecule has 2 fully saturated rings. The Hall–Kier alpha value is -1.85. The summed E-state index contributed by atoms with van der Waals surface area (Å²) >= 11 is 0. The zero-order valence-electron chi connectivity index (χ0n) is 15.9. The second-order valence-electron chi connectivity index (χ2n) is 7.49. The Morgan fingerprint density at radius 2 is 1.27 bits per heavy atom. The number of hydrogen-bond donors (Lipinski definition) is 2. The van der Waals surface area contributed by atoms with Gasteiger partial charge in [0, 0.05) is 5.57 Å². The molecule has 2 aliphatic rings. The molecule has 6 heteroatoms. The summed E-state index contributed by atoms with van der Waals surface area (Å²) in [4.78, 5) is 32.7. The van der Waals surface area contributed by atoms with Crippen LogP contribution in [-0.2, 0) is 19.1 Å². The minimum absolute atomic E-state index is 0.0390. The van der Waals surface area contributed by atoms with Gasteiger partial charge in [-0.2, -0.15) is 0 Å². The molecule has 6 nitrogen and oxygen atoms in total. The molecule has 148 valence electrons. The van der Waals surface area contributed by atoms with Crippen LogP contribution in [0.2, 0.25) is 0 Å². The molecule has 2 saturated carbocycles. The van der Waals surface area contributed by atoms with E-state index < -0.39 is 23.8 Å². The second-order valence-corrected chi connectivity index (χ2v) is 7.49. The Morgan fingerprint density at radius 1 is 0.846 bits per heavy atom. The molecule has 0 heterocycles. The van der Waals surface area contributed by atoms with Crippen LogP contribution in [0.1, 0.15) is 71.6 Å². The van der Waals surface area contributed by atoms with E-state index in [4.69, 9.17) is 14.9 Å². The monoisotopic (exact) mass is 368 g/mol. The van der Waals surface area contributed by atoms with Crippen LogP contribution in [0.5, 0.6) is 0 Å². The SMILES string of the molecule is C=C(C(=O)OC(C)C)C1CCCCC1.O=C(O)C1CCCCC1C(=O)O. The van der Waals surface area contributed by atoms with E-state index >= 15 is 0 Å². The van der Waals surface area contributed by atoms with Crippen molar-refractivity contribution in [2.45, 2.75) is 77.7 Å². The zero-order valence-corrected chi connectivity index (χ0v) is 15.9. The van der Waals surface area contributed by atoms with Gasteiger partial charge in [-0.1, -0.05) is 38.7 Å². The van der Waals surface area contributed by atoms with Gasteiger partial charge in [0.05, 0.1) is 17.9 Å². The number of rotatable bonds is 5. The Bertz CT molecular complexity index is 482. The van der Waals surface area contributed by atoms with Gasteiger partial charge in [-0.15, -0.1) is 0 Å². The molecular formula is C20H32O6. The predicted octanol–water partition coefficient (Wildman–Crippen LogP) is 4.04. The fourth-order valence-corrected chi connectivity index (χ4v) is 3.63. The predicted molar refractivity (Wildman–Crippen MR) is 97.7 cm³/mol.